The van der Waals surface area contributed by atoms with Crippen LogP contribution in [0, 0.1) is 0 Å². The van der Waals surface area contributed by atoms with Crippen LogP contribution >= 0.6 is 11.8 Å². The normalized spacial score (nSPS) is 12.6. The molecule has 3 N–H and O–H groups in total. The van der Waals surface area contributed by atoms with Crippen LogP contribution in [0.4, 0.5) is 22.7 Å². The van der Waals surface area contributed by atoms with Gasteiger partial charge in [-0.3, -0.25) is 0 Å². The predicted molar refractivity (Wildman–Crippen MR) is 116 cm³/mol. The third-order valence-corrected chi connectivity index (χ3v) is 4.72. The highest BCUT2D eigenvalue weighted by molar-refractivity contribution is 7.99. The summed E-state index contributed by atoms with van der Waals surface area (Å²) in [7, 11) is 0.794. The molecule has 0 bridgehead atoms. The van der Waals surface area contributed by atoms with E-state index >= 15 is 0 Å². The van der Waals surface area contributed by atoms with Crippen molar-refractivity contribution in [2.24, 2.45) is 0 Å². The molecule has 0 aromatic heterocycles. The summed E-state index contributed by atoms with van der Waals surface area (Å²) in [4.78, 5) is 5.32. The minimum atomic E-state index is -3.92. The van der Waals surface area contributed by atoms with Crippen molar-refractivity contribution in [1.82, 2.24) is 0 Å². The van der Waals surface area contributed by atoms with Crippen LogP contribution in [0.25, 0.3) is 0 Å². The van der Waals surface area contributed by atoms with E-state index in [4.69, 9.17) is 25.9 Å². The molecule has 1 aliphatic rings. The maximum Gasteiger partial charge on any atom is 0.132 e. The average Bonchev–Trinajstić information content (AvgIpc) is 2.55. The van der Waals surface area contributed by atoms with E-state index in [1.165, 1.54) is 42.3 Å². The summed E-state index contributed by atoms with van der Waals surface area (Å²) in [5, 5.41) is 3.53. The number of fused-ring (bicyclic) bond motifs is 2. The Morgan fingerprint density at radius 1 is 0.733 bits per heavy atom. The van der Waals surface area contributed by atoms with E-state index < -0.39 is 20.2 Å². The van der Waals surface area contributed by atoms with Gasteiger partial charge in [0.25, 0.3) is 0 Å². The van der Waals surface area contributed by atoms with Crippen molar-refractivity contribution in [2.75, 3.05) is 46.0 Å². The molecule has 0 saturated heterocycles. The molecular formula is C18H27N3O6S3. The first-order valence-corrected chi connectivity index (χ1v) is 13.2. The van der Waals surface area contributed by atoms with Gasteiger partial charge in [0.1, 0.15) is 11.4 Å². The van der Waals surface area contributed by atoms with Gasteiger partial charge in [0, 0.05) is 46.6 Å². The van der Waals surface area contributed by atoms with Gasteiger partial charge in [0.15, 0.2) is 0 Å². The van der Waals surface area contributed by atoms with Crippen LogP contribution < -0.4 is 15.1 Å². The van der Waals surface area contributed by atoms with E-state index in [0.29, 0.717) is 12.5 Å². The van der Waals surface area contributed by atoms with Crippen LogP contribution in [0.15, 0.2) is 46.2 Å². The number of anilines is 2. The Hall–Kier alpha value is -1.67. The van der Waals surface area contributed by atoms with E-state index in [1.54, 1.807) is 0 Å². The molecule has 0 radical (unpaired) electrons. The van der Waals surface area contributed by atoms with Crippen LogP contribution in [0.5, 0.6) is 0 Å². The Morgan fingerprint density at radius 3 is 1.30 bits per heavy atom. The maximum absolute atomic E-state index is 9.08. The van der Waals surface area contributed by atoms with E-state index in [1.807, 2.05) is 11.8 Å². The quantitative estimate of drug-likeness (QED) is 0.431. The fourth-order valence-electron chi connectivity index (χ4n) is 2.31. The van der Waals surface area contributed by atoms with Crippen molar-refractivity contribution >= 4 is 54.7 Å². The summed E-state index contributed by atoms with van der Waals surface area (Å²) in [6, 6.07) is 13.3. The van der Waals surface area contributed by atoms with Gasteiger partial charge in [-0.1, -0.05) is 11.8 Å². The number of hydrogen-bond acceptors (Lipinski definition) is 8. The largest absolute Gasteiger partial charge is 0.748 e. The number of benzene rings is 2. The summed E-state index contributed by atoms with van der Waals surface area (Å²) in [5.74, 6) is 0. The standard InChI is InChI=1S/C16H19N3S.2CH4O3S/c1-18(2)11-5-7-13-15(9-11)20-16-10-12(19(3)4)6-8-14(16)17-13;2*1-5(2,3)4/h5-10,17H,1-4H3;2*1H3,(H,2,3,4). The Labute approximate surface area is 182 Å². The summed E-state index contributed by atoms with van der Waals surface area (Å²) in [6.45, 7) is 0. The molecule has 0 fully saturated rings. The Bertz CT molecular complexity index is 983. The lowest BCUT2D eigenvalue weighted by molar-refractivity contribution is -0.786. The van der Waals surface area contributed by atoms with Crippen LogP contribution in [-0.4, -0.2) is 66.6 Å². The zero-order chi connectivity index (χ0) is 23.3. The third-order valence-electron chi connectivity index (χ3n) is 3.61. The highest BCUT2D eigenvalue weighted by Crippen LogP contribution is 2.45. The van der Waals surface area contributed by atoms with Crippen molar-refractivity contribution in [2.45, 2.75) is 9.79 Å². The SMILES string of the molecule is CS(=O)(=O)[O-].CS(=O)(=O)[O-].C[NH+](C)c1ccc2c(c1)Sc1cc([NH+](C)C)ccc1N2. The second-order valence-corrected chi connectivity index (χ2v) is 11.0. The summed E-state index contributed by atoms with van der Waals surface area (Å²) < 4.78 is 54.5. The van der Waals surface area contributed by atoms with Crippen LogP contribution in [0.2, 0.25) is 0 Å². The molecule has 0 spiro atoms. The van der Waals surface area contributed by atoms with Gasteiger partial charge in [-0.2, -0.15) is 0 Å². The molecule has 168 valence electrons. The average molecular weight is 478 g/mol. The second-order valence-electron chi connectivity index (χ2n) is 7.06. The lowest BCUT2D eigenvalue weighted by Crippen LogP contribution is -3.00. The maximum atomic E-state index is 9.08. The number of hydrogen-bond donors (Lipinski definition) is 3. The highest BCUT2D eigenvalue weighted by atomic mass is 32.2. The van der Waals surface area contributed by atoms with Gasteiger partial charge < -0.3 is 24.2 Å². The van der Waals surface area contributed by atoms with Crippen molar-refractivity contribution in [3.63, 3.8) is 0 Å². The third kappa shape index (κ3) is 10.4. The second kappa shape index (κ2) is 10.6. The van der Waals surface area contributed by atoms with Gasteiger partial charge in [-0.15, -0.1) is 0 Å². The molecule has 1 aliphatic heterocycles. The molecular weight excluding hydrogens is 450 g/mol. The predicted octanol–water partition coefficient (Wildman–Crippen LogP) is -0.230. The highest BCUT2D eigenvalue weighted by Gasteiger charge is 2.18. The van der Waals surface area contributed by atoms with Crippen molar-refractivity contribution in [3.8, 4) is 0 Å². The van der Waals surface area contributed by atoms with Crippen LogP contribution in [0.3, 0.4) is 0 Å². The first kappa shape index (κ1) is 26.4. The lowest BCUT2D eigenvalue weighted by atomic mass is 10.2. The molecule has 0 aliphatic carbocycles. The van der Waals surface area contributed by atoms with Gasteiger partial charge >= 0.3 is 0 Å². The monoisotopic (exact) mass is 477 g/mol. The molecule has 12 heteroatoms. The number of nitrogens with one attached hydrogen (secondary N) is 3. The van der Waals surface area contributed by atoms with Gasteiger partial charge in [0.2, 0.25) is 0 Å². The lowest BCUT2D eigenvalue weighted by Gasteiger charge is -2.22. The van der Waals surface area contributed by atoms with E-state index in [0.717, 1.165) is 0 Å². The topological polar surface area (TPSA) is 135 Å². The van der Waals surface area contributed by atoms with E-state index in [9.17, 15) is 0 Å². The number of quaternary nitrogens is 2. The molecule has 0 saturated carbocycles. The summed E-state index contributed by atoms with van der Waals surface area (Å²) in [5.41, 5.74) is 5.04. The molecule has 2 aromatic carbocycles. The van der Waals surface area contributed by atoms with Crippen LogP contribution in [0.1, 0.15) is 0 Å². The minimum Gasteiger partial charge on any atom is -0.748 e. The fourth-order valence-corrected chi connectivity index (χ4v) is 3.37. The zero-order valence-corrected chi connectivity index (χ0v) is 20.1. The Morgan fingerprint density at radius 2 is 1.03 bits per heavy atom. The summed E-state index contributed by atoms with van der Waals surface area (Å²) in [6.07, 6.45) is 1.21. The summed E-state index contributed by atoms with van der Waals surface area (Å²) >= 11 is 1.86. The molecule has 2 aromatic rings. The smallest absolute Gasteiger partial charge is 0.132 e. The van der Waals surface area contributed by atoms with E-state index in [-0.39, 0.29) is 0 Å². The first-order chi connectivity index (χ1) is 13.5. The van der Waals surface area contributed by atoms with Gasteiger partial charge in [-0.25, -0.2) is 16.8 Å². The first-order valence-electron chi connectivity index (χ1n) is 8.70. The molecule has 9 nitrogen and oxygen atoms in total. The molecule has 1 heterocycles. The molecule has 3 rings (SSSR count). The van der Waals surface area contributed by atoms with E-state index in [2.05, 4.69) is 69.9 Å². The van der Waals surface area contributed by atoms with Crippen molar-refractivity contribution in [1.29, 1.82) is 0 Å². The fraction of sp³-hybridized carbons (Fsp3) is 0.333. The zero-order valence-electron chi connectivity index (χ0n) is 17.6. The molecule has 0 unspecified atom stereocenters. The number of rotatable bonds is 2. The van der Waals surface area contributed by atoms with Gasteiger partial charge in [0.05, 0.1) is 59.8 Å². The van der Waals surface area contributed by atoms with Gasteiger partial charge in [-0.05, 0) is 12.1 Å². The van der Waals surface area contributed by atoms with Crippen LogP contribution in [-0.2, 0) is 20.2 Å². The minimum absolute atomic E-state index is 0.604. The molecule has 0 atom stereocenters. The molecule has 30 heavy (non-hydrogen) atoms. The molecule has 0 amide bonds. The Kier molecular flexibility index (Phi) is 9.29. The van der Waals surface area contributed by atoms with Crippen molar-refractivity contribution < 1.29 is 35.7 Å². The van der Waals surface area contributed by atoms with Crippen molar-refractivity contribution in [3.05, 3.63) is 36.4 Å². The Balaban J connectivity index is 0.000000378.